The summed E-state index contributed by atoms with van der Waals surface area (Å²) in [6.45, 7) is 2.99. The van der Waals surface area contributed by atoms with Gasteiger partial charge in [-0.2, -0.15) is 0 Å². The number of halogens is 1. The standard InChI is InChI=1S/C23H23FN4O2S/c1-3-4-12-28-21(16-8-10-20(29-2)11-9-16)26-27-23(28)31-15-19-14-30-22(25-19)17-6-5-7-18(24)13-17/h5-11,13-14H,3-4,12,15H2,1-2H3. The van der Waals surface area contributed by atoms with Gasteiger partial charge >= 0.3 is 0 Å². The minimum Gasteiger partial charge on any atom is -0.497 e. The zero-order valence-electron chi connectivity index (χ0n) is 17.4. The number of ether oxygens (including phenoxy) is 1. The lowest BCUT2D eigenvalue weighted by atomic mass is 10.2. The lowest BCUT2D eigenvalue weighted by Gasteiger charge is -2.09. The summed E-state index contributed by atoms with van der Waals surface area (Å²) < 4.78 is 26.4. The molecule has 2 aromatic heterocycles. The second kappa shape index (κ2) is 9.78. The molecular weight excluding hydrogens is 415 g/mol. The van der Waals surface area contributed by atoms with Gasteiger partial charge in [0, 0.05) is 23.4 Å². The summed E-state index contributed by atoms with van der Waals surface area (Å²) in [4.78, 5) is 4.49. The van der Waals surface area contributed by atoms with Crippen LogP contribution in [0.25, 0.3) is 22.8 Å². The van der Waals surface area contributed by atoms with Crippen LogP contribution in [0.5, 0.6) is 5.75 Å². The first kappa shape index (κ1) is 21.1. The van der Waals surface area contributed by atoms with Crippen LogP contribution >= 0.6 is 11.8 Å². The molecule has 0 fully saturated rings. The molecule has 0 aliphatic rings. The fraction of sp³-hybridized carbons (Fsp3) is 0.261. The van der Waals surface area contributed by atoms with Crippen LogP contribution in [-0.4, -0.2) is 26.9 Å². The molecule has 8 heteroatoms. The molecule has 0 saturated carbocycles. The van der Waals surface area contributed by atoms with E-state index in [1.54, 1.807) is 37.3 Å². The van der Waals surface area contributed by atoms with Crippen molar-refractivity contribution in [3.05, 3.63) is 66.3 Å². The van der Waals surface area contributed by atoms with Gasteiger partial charge in [0.15, 0.2) is 11.0 Å². The van der Waals surface area contributed by atoms with Crippen molar-refractivity contribution in [2.24, 2.45) is 0 Å². The second-order valence-electron chi connectivity index (χ2n) is 6.98. The average Bonchev–Trinajstić information content (AvgIpc) is 3.43. The minimum atomic E-state index is -0.318. The van der Waals surface area contributed by atoms with Gasteiger partial charge in [-0.25, -0.2) is 9.37 Å². The summed E-state index contributed by atoms with van der Waals surface area (Å²) in [5.74, 6) is 2.30. The number of methoxy groups -OCH3 is 1. The van der Waals surface area contributed by atoms with Gasteiger partial charge in [0.25, 0.3) is 0 Å². The number of unbranched alkanes of at least 4 members (excludes halogenated alkanes) is 1. The van der Waals surface area contributed by atoms with Gasteiger partial charge in [0.1, 0.15) is 17.8 Å². The third-order valence-electron chi connectivity index (χ3n) is 4.77. The molecule has 0 atom stereocenters. The number of hydrogen-bond acceptors (Lipinski definition) is 6. The zero-order chi connectivity index (χ0) is 21.6. The van der Waals surface area contributed by atoms with Crippen molar-refractivity contribution in [2.75, 3.05) is 7.11 Å². The summed E-state index contributed by atoms with van der Waals surface area (Å²) in [5, 5.41) is 9.68. The van der Waals surface area contributed by atoms with Crippen LogP contribution in [0.4, 0.5) is 4.39 Å². The maximum atomic E-state index is 13.5. The van der Waals surface area contributed by atoms with Crippen molar-refractivity contribution in [3.8, 4) is 28.6 Å². The van der Waals surface area contributed by atoms with Gasteiger partial charge in [-0.3, -0.25) is 0 Å². The van der Waals surface area contributed by atoms with Crippen molar-refractivity contribution in [3.63, 3.8) is 0 Å². The minimum absolute atomic E-state index is 0.318. The number of benzene rings is 2. The lowest BCUT2D eigenvalue weighted by molar-refractivity contribution is 0.415. The Morgan fingerprint density at radius 1 is 1.10 bits per heavy atom. The van der Waals surface area contributed by atoms with Gasteiger partial charge in [0.05, 0.1) is 12.8 Å². The monoisotopic (exact) mass is 438 g/mol. The Labute approximate surface area is 184 Å². The third-order valence-corrected chi connectivity index (χ3v) is 5.77. The molecule has 0 spiro atoms. The van der Waals surface area contributed by atoms with Crippen LogP contribution in [0.15, 0.2) is 64.4 Å². The fourth-order valence-corrected chi connectivity index (χ4v) is 3.97. The van der Waals surface area contributed by atoms with E-state index in [0.29, 0.717) is 17.2 Å². The number of oxazole rings is 1. The maximum absolute atomic E-state index is 13.5. The van der Waals surface area contributed by atoms with Crippen molar-refractivity contribution in [2.45, 2.75) is 37.2 Å². The van der Waals surface area contributed by atoms with Crippen molar-refractivity contribution in [1.29, 1.82) is 0 Å². The van der Waals surface area contributed by atoms with Crippen molar-refractivity contribution in [1.82, 2.24) is 19.7 Å². The molecule has 4 aromatic rings. The first-order chi connectivity index (χ1) is 15.2. The molecule has 6 nitrogen and oxygen atoms in total. The van der Waals surface area contributed by atoms with Crippen LogP contribution in [0.2, 0.25) is 0 Å². The molecule has 31 heavy (non-hydrogen) atoms. The van der Waals surface area contributed by atoms with Crippen LogP contribution in [0.3, 0.4) is 0 Å². The highest BCUT2D eigenvalue weighted by Gasteiger charge is 2.16. The molecule has 0 radical (unpaired) electrons. The first-order valence-corrected chi connectivity index (χ1v) is 11.1. The van der Waals surface area contributed by atoms with E-state index in [4.69, 9.17) is 9.15 Å². The molecule has 0 bridgehead atoms. The second-order valence-corrected chi connectivity index (χ2v) is 7.93. The van der Waals surface area contributed by atoms with Gasteiger partial charge in [-0.1, -0.05) is 31.2 Å². The zero-order valence-corrected chi connectivity index (χ0v) is 18.2. The quantitative estimate of drug-likeness (QED) is 0.306. The lowest BCUT2D eigenvalue weighted by Crippen LogP contribution is -2.02. The number of nitrogens with zero attached hydrogens (tertiary/aromatic N) is 4. The molecule has 0 amide bonds. The Balaban J connectivity index is 1.52. The summed E-state index contributed by atoms with van der Waals surface area (Å²) in [6, 6.07) is 14.0. The number of aromatic nitrogens is 4. The summed E-state index contributed by atoms with van der Waals surface area (Å²) in [6.07, 6.45) is 3.71. The van der Waals surface area contributed by atoms with Gasteiger partial charge < -0.3 is 13.7 Å². The first-order valence-electron chi connectivity index (χ1n) is 10.1. The predicted octanol–water partition coefficient (Wildman–Crippen LogP) is 5.84. The molecule has 0 aliphatic carbocycles. The van der Waals surface area contributed by atoms with Crippen LogP contribution < -0.4 is 4.74 Å². The molecule has 160 valence electrons. The van der Waals surface area contributed by atoms with Crippen molar-refractivity contribution >= 4 is 11.8 Å². The van der Waals surface area contributed by atoms with Crippen LogP contribution in [0, 0.1) is 5.82 Å². The van der Waals surface area contributed by atoms with E-state index in [9.17, 15) is 4.39 Å². The Hall–Kier alpha value is -3.13. The number of thioether (sulfide) groups is 1. The SMILES string of the molecule is CCCCn1c(SCc2coc(-c3cccc(F)c3)n2)nnc1-c1ccc(OC)cc1. The third kappa shape index (κ3) is 4.96. The highest BCUT2D eigenvalue weighted by atomic mass is 32.2. The predicted molar refractivity (Wildman–Crippen MR) is 118 cm³/mol. The Morgan fingerprint density at radius 2 is 1.94 bits per heavy atom. The molecule has 2 aromatic carbocycles. The smallest absolute Gasteiger partial charge is 0.226 e. The van der Waals surface area contributed by atoms with Crippen molar-refractivity contribution < 1.29 is 13.5 Å². The van der Waals surface area contributed by atoms with Gasteiger partial charge in [0.2, 0.25) is 5.89 Å². The van der Waals surface area contributed by atoms with E-state index in [1.807, 2.05) is 24.3 Å². The molecular formula is C23H23FN4O2S. The van der Waals surface area contributed by atoms with E-state index in [-0.39, 0.29) is 5.82 Å². The summed E-state index contributed by atoms with van der Waals surface area (Å²) in [5.41, 5.74) is 2.37. The van der Waals surface area contributed by atoms with Crippen LogP contribution in [0.1, 0.15) is 25.5 Å². The van der Waals surface area contributed by atoms with E-state index in [2.05, 4.69) is 26.7 Å². The highest BCUT2D eigenvalue weighted by Crippen LogP contribution is 2.29. The summed E-state index contributed by atoms with van der Waals surface area (Å²) >= 11 is 1.55. The molecule has 4 rings (SSSR count). The molecule has 0 saturated heterocycles. The fourth-order valence-electron chi connectivity index (χ4n) is 3.13. The maximum Gasteiger partial charge on any atom is 0.226 e. The Morgan fingerprint density at radius 3 is 2.68 bits per heavy atom. The van der Waals surface area contributed by atoms with E-state index in [1.165, 1.54) is 12.1 Å². The molecule has 2 heterocycles. The summed E-state index contributed by atoms with van der Waals surface area (Å²) in [7, 11) is 1.65. The topological polar surface area (TPSA) is 66.0 Å². The van der Waals surface area contributed by atoms with Gasteiger partial charge in [-0.15, -0.1) is 10.2 Å². The van der Waals surface area contributed by atoms with Crippen LogP contribution in [-0.2, 0) is 12.3 Å². The molecule has 0 N–H and O–H groups in total. The van der Waals surface area contributed by atoms with E-state index < -0.39 is 0 Å². The van der Waals surface area contributed by atoms with E-state index in [0.717, 1.165) is 47.4 Å². The Bertz CT molecular complexity index is 1140. The molecule has 0 aliphatic heterocycles. The molecule has 0 unspecified atom stereocenters. The van der Waals surface area contributed by atoms with E-state index >= 15 is 0 Å². The highest BCUT2D eigenvalue weighted by molar-refractivity contribution is 7.98. The number of hydrogen-bond donors (Lipinski definition) is 0. The van der Waals surface area contributed by atoms with Gasteiger partial charge in [-0.05, 0) is 48.9 Å². The largest absolute Gasteiger partial charge is 0.497 e. The normalized spacial score (nSPS) is 11.1. The Kier molecular flexibility index (Phi) is 6.66. The number of rotatable bonds is 9. The average molecular weight is 439 g/mol.